The predicted molar refractivity (Wildman–Crippen MR) is 130 cm³/mol. The topological polar surface area (TPSA) is 106 Å². The molecule has 0 radical (unpaired) electrons. The summed E-state index contributed by atoms with van der Waals surface area (Å²) < 4.78 is 5.22. The number of hydrogen-bond donors (Lipinski definition) is 3. The van der Waals surface area contributed by atoms with Gasteiger partial charge in [0.25, 0.3) is 5.91 Å². The average Bonchev–Trinajstić information content (AvgIpc) is 3.39. The van der Waals surface area contributed by atoms with Gasteiger partial charge in [-0.25, -0.2) is 4.79 Å². The Morgan fingerprint density at radius 1 is 1.00 bits per heavy atom. The zero-order valence-electron chi connectivity index (χ0n) is 17.7. The van der Waals surface area contributed by atoms with Crippen LogP contribution >= 0.6 is 11.3 Å². The highest BCUT2D eigenvalue weighted by atomic mass is 32.1. The molecule has 2 aromatic heterocycles. The van der Waals surface area contributed by atoms with Gasteiger partial charge in [0, 0.05) is 24.5 Å². The van der Waals surface area contributed by atoms with Gasteiger partial charge in [0.05, 0.1) is 11.4 Å². The summed E-state index contributed by atoms with van der Waals surface area (Å²) in [4.78, 5) is 28.6. The van der Waals surface area contributed by atoms with Crippen molar-refractivity contribution in [2.75, 3.05) is 11.1 Å². The molecule has 4 N–H and O–H groups in total. The number of carbonyl (C=O) groups excluding carboxylic acids is 2. The summed E-state index contributed by atoms with van der Waals surface area (Å²) in [5.41, 5.74) is 11.3. The van der Waals surface area contributed by atoms with Gasteiger partial charge in [-0.3, -0.25) is 9.78 Å². The van der Waals surface area contributed by atoms with E-state index in [0.717, 1.165) is 22.3 Å². The van der Waals surface area contributed by atoms with Crippen LogP contribution < -0.4 is 16.4 Å². The predicted octanol–water partition coefficient (Wildman–Crippen LogP) is 5.07. The Hall–Kier alpha value is -4.17. The van der Waals surface area contributed by atoms with Gasteiger partial charge < -0.3 is 21.1 Å². The fraction of sp³-hybridized carbons (Fsp3) is 0.0800. The van der Waals surface area contributed by atoms with Crippen LogP contribution in [0.1, 0.15) is 21.5 Å². The molecule has 0 bridgehead atoms. The molecule has 166 valence electrons. The second-order valence-corrected chi connectivity index (χ2v) is 8.04. The lowest BCUT2D eigenvalue weighted by atomic mass is 10.1. The van der Waals surface area contributed by atoms with Gasteiger partial charge in [-0.2, -0.15) is 11.3 Å². The Balaban J connectivity index is 1.31. The molecule has 0 atom stereocenters. The molecule has 0 saturated carbocycles. The van der Waals surface area contributed by atoms with Gasteiger partial charge in [-0.15, -0.1) is 0 Å². The second-order valence-electron chi connectivity index (χ2n) is 7.26. The summed E-state index contributed by atoms with van der Waals surface area (Å²) in [5, 5.41) is 9.58. The summed E-state index contributed by atoms with van der Waals surface area (Å²) >= 11 is 1.61. The normalized spacial score (nSPS) is 10.4. The first-order valence-corrected chi connectivity index (χ1v) is 11.1. The number of anilines is 2. The van der Waals surface area contributed by atoms with Gasteiger partial charge >= 0.3 is 6.09 Å². The Morgan fingerprint density at radius 2 is 1.85 bits per heavy atom. The Bertz CT molecular complexity index is 1230. The summed E-state index contributed by atoms with van der Waals surface area (Å²) in [6.45, 7) is 0.429. The minimum atomic E-state index is -0.526. The van der Waals surface area contributed by atoms with E-state index in [4.69, 9.17) is 10.5 Å². The number of benzene rings is 2. The van der Waals surface area contributed by atoms with E-state index in [9.17, 15) is 9.59 Å². The Labute approximate surface area is 195 Å². The van der Waals surface area contributed by atoms with E-state index in [0.29, 0.717) is 23.5 Å². The van der Waals surface area contributed by atoms with Gasteiger partial charge in [0.2, 0.25) is 0 Å². The van der Waals surface area contributed by atoms with E-state index in [2.05, 4.69) is 15.6 Å². The third-order valence-corrected chi connectivity index (χ3v) is 5.58. The highest BCUT2D eigenvalue weighted by Gasteiger charge is 2.11. The molecule has 0 aliphatic heterocycles. The molecule has 4 rings (SSSR count). The van der Waals surface area contributed by atoms with Crippen molar-refractivity contribution in [3.05, 3.63) is 101 Å². The van der Waals surface area contributed by atoms with Crippen LogP contribution in [0.15, 0.2) is 83.8 Å². The molecule has 0 aliphatic carbocycles. The fourth-order valence-electron chi connectivity index (χ4n) is 3.10. The van der Waals surface area contributed by atoms with Crippen LogP contribution in [0.2, 0.25) is 0 Å². The largest absolute Gasteiger partial charge is 0.445 e. The number of carbonyl (C=O) groups is 2. The molecule has 4 aromatic rings. The zero-order chi connectivity index (χ0) is 23.0. The highest BCUT2D eigenvalue weighted by molar-refractivity contribution is 7.08. The number of nitrogens with zero attached hydrogens (tertiary/aromatic N) is 1. The molecule has 2 amide bonds. The van der Waals surface area contributed by atoms with Crippen molar-refractivity contribution in [3.63, 3.8) is 0 Å². The van der Waals surface area contributed by atoms with Crippen LogP contribution in [0, 0.1) is 0 Å². The zero-order valence-corrected chi connectivity index (χ0v) is 18.5. The van der Waals surface area contributed by atoms with Crippen LogP contribution in [-0.4, -0.2) is 17.0 Å². The number of thiophene rings is 1. The number of amides is 2. The van der Waals surface area contributed by atoms with Crippen molar-refractivity contribution >= 4 is 34.7 Å². The maximum Gasteiger partial charge on any atom is 0.407 e. The van der Waals surface area contributed by atoms with Crippen LogP contribution in [0.5, 0.6) is 0 Å². The van der Waals surface area contributed by atoms with E-state index in [1.807, 2.05) is 35.0 Å². The third kappa shape index (κ3) is 5.96. The number of alkyl carbamates (subject to hydrolysis) is 1. The van der Waals surface area contributed by atoms with Crippen LogP contribution in [0.3, 0.4) is 0 Å². The quantitative estimate of drug-likeness (QED) is 0.335. The van der Waals surface area contributed by atoms with E-state index >= 15 is 0 Å². The van der Waals surface area contributed by atoms with Gasteiger partial charge in [-0.05, 0) is 69.4 Å². The molecule has 7 nitrogen and oxygen atoms in total. The monoisotopic (exact) mass is 458 g/mol. The lowest BCUT2D eigenvalue weighted by Crippen LogP contribution is -2.23. The first-order chi connectivity index (χ1) is 16.1. The maximum absolute atomic E-state index is 12.7. The summed E-state index contributed by atoms with van der Waals surface area (Å²) in [6, 6.07) is 18.1. The Morgan fingerprint density at radius 3 is 2.58 bits per heavy atom. The first-order valence-electron chi connectivity index (χ1n) is 10.2. The van der Waals surface area contributed by atoms with Crippen molar-refractivity contribution < 1.29 is 14.3 Å². The van der Waals surface area contributed by atoms with Crippen molar-refractivity contribution in [2.45, 2.75) is 13.2 Å². The van der Waals surface area contributed by atoms with Gasteiger partial charge in [-0.1, -0.05) is 24.3 Å². The van der Waals surface area contributed by atoms with Crippen LogP contribution in [0.25, 0.3) is 11.1 Å². The van der Waals surface area contributed by atoms with Crippen LogP contribution in [0.4, 0.5) is 16.2 Å². The first kappa shape index (κ1) is 22.0. The second kappa shape index (κ2) is 10.4. The minimum Gasteiger partial charge on any atom is -0.445 e. The summed E-state index contributed by atoms with van der Waals surface area (Å²) in [7, 11) is 0. The third-order valence-electron chi connectivity index (χ3n) is 4.90. The SMILES string of the molecule is Nc1ccc(-c2ccsc2)cc1NC(=O)c1ccc(COC(=O)NCc2cccnc2)cc1. The number of hydrogen-bond acceptors (Lipinski definition) is 6. The van der Waals surface area contributed by atoms with E-state index in [1.165, 1.54) is 0 Å². The molecule has 0 fully saturated rings. The molecule has 0 unspecified atom stereocenters. The molecule has 2 aromatic carbocycles. The van der Waals surface area contributed by atoms with Crippen molar-refractivity contribution in [3.8, 4) is 11.1 Å². The average molecular weight is 459 g/mol. The number of nitrogens with two attached hydrogens (primary N) is 1. The van der Waals surface area contributed by atoms with Gasteiger partial charge in [0.15, 0.2) is 0 Å². The smallest absolute Gasteiger partial charge is 0.407 e. The van der Waals surface area contributed by atoms with Crippen molar-refractivity contribution in [1.82, 2.24) is 10.3 Å². The molecular weight excluding hydrogens is 436 g/mol. The standard InChI is InChI=1S/C25H22N4O3S/c26-22-8-7-20(21-9-11-33-16-21)12-23(22)29-24(30)19-5-3-17(4-6-19)15-32-25(31)28-14-18-2-1-10-27-13-18/h1-13,16H,14-15,26H2,(H,28,31)(H,29,30). The molecular formula is C25H22N4O3S. The van der Waals surface area contributed by atoms with E-state index in [1.54, 1.807) is 60.1 Å². The van der Waals surface area contributed by atoms with Gasteiger partial charge in [0.1, 0.15) is 6.61 Å². The molecule has 0 spiro atoms. The minimum absolute atomic E-state index is 0.0937. The molecule has 2 heterocycles. The maximum atomic E-state index is 12.7. The summed E-state index contributed by atoms with van der Waals surface area (Å²) in [6.07, 6.45) is 2.82. The number of nitrogens with one attached hydrogen (secondary N) is 2. The van der Waals surface area contributed by atoms with E-state index < -0.39 is 6.09 Å². The molecule has 0 saturated heterocycles. The van der Waals surface area contributed by atoms with Crippen molar-refractivity contribution in [1.29, 1.82) is 0 Å². The number of pyridine rings is 1. The van der Waals surface area contributed by atoms with Crippen molar-refractivity contribution in [2.24, 2.45) is 0 Å². The fourth-order valence-corrected chi connectivity index (χ4v) is 3.76. The molecule has 8 heteroatoms. The number of rotatable bonds is 7. The highest BCUT2D eigenvalue weighted by Crippen LogP contribution is 2.29. The Kier molecular flexibility index (Phi) is 6.96. The molecule has 33 heavy (non-hydrogen) atoms. The number of nitrogen functional groups attached to an aromatic ring is 1. The lowest BCUT2D eigenvalue weighted by molar-refractivity contribution is 0.102. The van der Waals surface area contributed by atoms with Crippen LogP contribution in [-0.2, 0) is 17.9 Å². The number of ether oxygens (including phenoxy) is 1. The summed E-state index contributed by atoms with van der Waals surface area (Å²) in [5.74, 6) is -0.272. The number of aromatic nitrogens is 1. The lowest BCUT2D eigenvalue weighted by Gasteiger charge is -2.11. The molecule has 0 aliphatic rings. The van der Waals surface area contributed by atoms with E-state index in [-0.39, 0.29) is 12.5 Å².